The van der Waals surface area contributed by atoms with Crippen molar-refractivity contribution >= 4 is 23.3 Å². The molecule has 0 bridgehead atoms. The van der Waals surface area contributed by atoms with Crippen molar-refractivity contribution in [2.45, 2.75) is 6.54 Å². The molecule has 0 aliphatic heterocycles. The summed E-state index contributed by atoms with van der Waals surface area (Å²) in [4.78, 5) is 12.9. The molecule has 4 heteroatoms. The predicted molar refractivity (Wildman–Crippen MR) is 77.0 cm³/mol. The summed E-state index contributed by atoms with van der Waals surface area (Å²) in [5.74, 6) is -0.923. The summed E-state index contributed by atoms with van der Waals surface area (Å²) in [6.45, 7) is 0.628. The van der Waals surface area contributed by atoms with Crippen LogP contribution in [0.5, 0.6) is 0 Å². The van der Waals surface area contributed by atoms with E-state index < -0.39 is 5.97 Å². The Bertz CT molecular complexity index is 598. The van der Waals surface area contributed by atoms with Crippen molar-refractivity contribution < 1.29 is 9.90 Å². The molecular weight excluding hydrogens is 262 g/mol. The van der Waals surface area contributed by atoms with Crippen molar-refractivity contribution in [1.29, 1.82) is 0 Å². The van der Waals surface area contributed by atoms with Crippen molar-refractivity contribution in [1.82, 2.24) is 0 Å². The lowest BCUT2D eigenvalue weighted by Gasteiger charge is -2.20. The van der Waals surface area contributed by atoms with E-state index in [0.717, 1.165) is 11.3 Å². The molecule has 3 nitrogen and oxygen atoms in total. The van der Waals surface area contributed by atoms with Gasteiger partial charge >= 0.3 is 5.97 Å². The number of aromatic carboxylic acids is 1. The lowest BCUT2D eigenvalue weighted by Crippen LogP contribution is -2.17. The summed E-state index contributed by atoms with van der Waals surface area (Å²) in [6.07, 6.45) is 0. The number of carboxylic acid groups (broad SMARTS) is 1. The summed E-state index contributed by atoms with van der Waals surface area (Å²) in [5, 5.41) is 9.70. The fourth-order valence-electron chi connectivity index (χ4n) is 1.85. The van der Waals surface area contributed by atoms with Crippen LogP contribution in [0.3, 0.4) is 0 Å². The maximum atomic E-state index is 10.9. The van der Waals surface area contributed by atoms with Crippen LogP contribution >= 0.6 is 11.6 Å². The zero-order chi connectivity index (χ0) is 13.8. The smallest absolute Gasteiger partial charge is 0.335 e. The summed E-state index contributed by atoms with van der Waals surface area (Å²) in [5.41, 5.74) is 2.13. The van der Waals surface area contributed by atoms with Crippen LogP contribution in [-0.2, 0) is 6.54 Å². The fourth-order valence-corrected chi connectivity index (χ4v) is 2.05. The second kappa shape index (κ2) is 5.76. The van der Waals surface area contributed by atoms with Gasteiger partial charge in [0, 0.05) is 24.3 Å². The van der Waals surface area contributed by atoms with Gasteiger partial charge in [0.05, 0.1) is 5.56 Å². The highest BCUT2D eigenvalue weighted by Crippen LogP contribution is 2.21. The van der Waals surface area contributed by atoms with E-state index in [2.05, 4.69) is 0 Å². The van der Waals surface area contributed by atoms with Crippen LogP contribution in [0.4, 0.5) is 5.69 Å². The van der Waals surface area contributed by atoms with E-state index in [9.17, 15) is 4.79 Å². The van der Waals surface area contributed by atoms with Gasteiger partial charge in [0.25, 0.3) is 0 Å². The van der Waals surface area contributed by atoms with Crippen molar-refractivity contribution in [3.63, 3.8) is 0 Å². The molecule has 2 aromatic rings. The van der Waals surface area contributed by atoms with Crippen LogP contribution < -0.4 is 4.90 Å². The summed E-state index contributed by atoms with van der Waals surface area (Å²) in [7, 11) is 1.91. The maximum Gasteiger partial charge on any atom is 0.335 e. The monoisotopic (exact) mass is 275 g/mol. The Morgan fingerprint density at radius 2 is 1.95 bits per heavy atom. The molecule has 1 N–H and O–H groups in total. The molecule has 0 saturated heterocycles. The lowest BCUT2D eigenvalue weighted by molar-refractivity contribution is 0.0697. The van der Waals surface area contributed by atoms with Crippen molar-refractivity contribution in [2.24, 2.45) is 0 Å². The molecule has 2 rings (SSSR count). The van der Waals surface area contributed by atoms with Gasteiger partial charge in [-0.2, -0.15) is 0 Å². The second-order valence-corrected chi connectivity index (χ2v) is 4.71. The Hall–Kier alpha value is -2.00. The van der Waals surface area contributed by atoms with E-state index >= 15 is 0 Å². The molecule has 19 heavy (non-hydrogen) atoms. The molecule has 0 radical (unpaired) electrons. The van der Waals surface area contributed by atoms with Crippen LogP contribution in [-0.4, -0.2) is 18.1 Å². The molecule has 0 fully saturated rings. The minimum Gasteiger partial charge on any atom is -0.478 e. The largest absolute Gasteiger partial charge is 0.478 e. The molecule has 0 unspecified atom stereocenters. The first kappa shape index (κ1) is 13.4. The molecule has 0 aliphatic carbocycles. The van der Waals surface area contributed by atoms with Gasteiger partial charge in [0.2, 0.25) is 0 Å². The minimum absolute atomic E-state index is 0.281. The molecule has 0 amide bonds. The molecule has 0 aromatic heterocycles. The van der Waals surface area contributed by atoms with E-state index in [0.29, 0.717) is 11.6 Å². The molecule has 0 heterocycles. The number of rotatable bonds is 4. The van der Waals surface area contributed by atoms with E-state index in [4.69, 9.17) is 16.7 Å². The average Bonchev–Trinajstić information content (AvgIpc) is 2.41. The number of carboxylic acids is 1. The van der Waals surface area contributed by atoms with Gasteiger partial charge in [-0.05, 0) is 29.8 Å². The van der Waals surface area contributed by atoms with Gasteiger partial charge in [-0.3, -0.25) is 0 Å². The molecule has 0 spiro atoms. The molecule has 0 saturated carbocycles. The van der Waals surface area contributed by atoms with Crippen molar-refractivity contribution in [3.05, 3.63) is 64.7 Å². The van der Waals surface area contributed by atoms with Crippen LogP contribution in [0.2, 0.25) is 5.02 Å². The number of carbonyl (C=O) groups is 1. The third-order valence-corrected chi connectivity index (χ3v) is 3.27. The first-order chi connectivity index (χ1) is 9.08. The van der Waals surface area contributed by atoms with Gasteiger partial charge in [0.15, 0.2) is 0 Å². The number of hydrogen-bond donors (Lipinski definition) is 1. The Morgan fingerprint density at radius 3 is 2.63 bits per heavy atom. The zero-order valence-electron chi connectivity index (χ0n) is 10.5. The highest BCUT2D eigenvalue weighted by Gasteiger charge is 2.08. The highest BCUT2D eigenvalue weighted by atomic mass is 35.5. The zero-order valence-corrected chi connectivity index (χ0v) is 11.3. The fraction of sp³-hybridized carbons (Fsp3) is 0.133. The number of benzene rings is 2. The number of nitrogens with zero attached hydrogens (tertiary/aromatic N) is 1. The molecular formula is C15H14ClNO2. The average molecular weight is 276 g/mol. The first-order valence-corrected chi connectivity index (χ1v) is 6.23. The second-order valence-electron chi connectivity index (χ2n) is 4.30. The SMILES string of the molecule is CN(Cc1ccccc1Cl)c1cccc(C(=O)O)c1. The molecule has 2 aromatic carbocycles. The van der Waals surface area contributed by atoms with E-state index in [1.165, 1.54) is 0 Å². The van der Waals surface area contributed by atoms with Crippen molar-refractivity contribution in [3.8, 4) is 0 Å². The Morgan fingerprint density at radius 1 is 1.21 bits per heavy atom. The van der Waals surface area contributed by atoms with Crippen molar-refractivity contribution in [2.75, 3.05) is 11.9 Å². The van der Waals surface area contributed by atoms with E-state index in [1.54, 1.807) is 18.2 Å². The predicted octanol–water partition coefficient (Wildman–Crippen LogP) is 3.67. The third-order valence-electron chi connectivity index (χ3n) is 2.90. The Labute approximate surface area is 117 Å². The lowest BCUT2D eigenvalue weighted by atomic mass is 10.1. The van der Waals surface area contributed by atoms with Gasteiger partial charge in [-0.15, -0.1) is 0 Å². The Kier molecular flexibility index (Phi) is 4.07. The van der Waals surface area contributed by atoms with Gasteiger partial charge in [0.1, 0.15) is 0 Å². The van der Waals surface area contributed by atoms with Gasteiger partial charge < -0.3 is 10.0 Å². The number of halogens is 1. The minimum atomic E-state index is -0.923. The maximum absolute atomic E-state index is 10.9. The summed E-state index contributed by atoms with van der Waals surface area (Å²) in [6, 6.07) is 14.5. The summed E-state index contributed by atoms with van der Waals surface area (Å²) >= 11 is 6.12. The van der Waals surface area contributed by atoms with Gasteiger partial charge in [-0.25, -0.2) is 4.79 Å². The highest BCUT2D eigenvalue weighted by molar-refractivity contribution is 6.31. The first-order valence-electron chi connectivity index (χ1n) is 5.86. The van der Waals surface area contributed by atoms with Crippen LogP contribution in [0.1, 0.15) is 15.9 Å². The molecule has 98 valence electrons. The quantitative estimate of drug-likeness (QED) is 0.925. The number of hydrogen-bond acceptors (Lipinski definition) is 2. The topological polar surface area (TPSA) is 40.5 Å². The molecule has 0 aliphatic rings. The van der Waals surface area contributed by atoms with E-state index in [1.807, 2.05) is 42.3 Å². The van der Waals surface area contributed by atoms with Crippen LogP contribution in [0.15, 0.2) is 48.5 Å². The van der Waals surface area contributed by atoms with Gasteiger partial charge in [-0.1, -0.05) is 35.9 Å². The molecule has 0 atom stereocenters. The summed E-state index contributed by atoms with van der Waals surface area (Å²) < 4.78 is 0. The normalized spacial score (nSPS) is 10.2. The van der Waals surface area contributed by atoms with E-state index in [-0.39, 0.29) is 5.56 Å². The van der Waals surface area contributed by atoms with Crippen LogP contribution in [0, 0.1) is 0 Å². The Balaban J connectivity index is 2.20. The standard InChI is InChI=1S/C15H14ClNO2/c1-17(10-12-5-2-3-8-14(12)16)13-7-4-6-11(9-13)15(18)19/h2-9H,10H2,1H3,(H,18,19). The third kappa shape index (κ3) is 3.26. The van der Waals surface area contributed by atoms with Crippen LogP contribution in [0.25, 0.3) is 0 Å². The number of anilines is 1.